The van der Waals surface area contributed by atoms with Crippen LogP contribution in [-0.2, 0) is 4.79 Å². The van der Waals surface area contributed by atoms with Gasteiger partial charge in [-0.3, -0.25) is 4.79 Å². The Morgan fingerprint density at radius 2 is 0.677 bits per heavy atom. The molecule has 0 saturated heterocycles. The number of rotatable bonds is 49. The van der Waals surface area contributed by atoms with E-state index in [1.54, 1.807) is 6.08 Å². The van der Waals surface area contributed by atoms with Crippen molar-refractivity contribution in [2.75, 3.05) is 6.61 Å². The molecule has 3 N–H and O–H groups in total. The lowest BCUT2D eigenvalue weighted by molar-refractivity contribution is -0.123. The topological polar surface area (TPSA) is 69.6 Å². The predicted octanol–water partition coefficient (Wildman–Crippen LogP) is 18.3. The summed E-state index contributed by atoms with van der Waals surface area (Å²) in [5, 5.41) is 23.1. The summed E-state index contributed by atoms with van der Waals surface area (Å²) in [5.41, 5.74) is 0. The number of unbranched alkanes of at least 4 members (excludes halogenated alkanes) is 26. The molecule has 0 aromatic rings. The van der Waals surface area contributed by atoms with Gasteiger partial charge in [0.25, 0.3) is 0 Å². The fourth-order valence-corrected chi connectivity index (χ4v) is 7.84. The van der Waals surface area contributed by atoms with Crippen LogP contribution in [0.2, 0.25) is 0 Å². The summed E-state index contributed by atoms with van der Waals surface area (Å²) in [6.07, 6.45) is 83.7. The number of nitrogens with one attached hydrogen (secondary N) is 1. The van der Waals surface area contributed by atoms with Crippen molar-refractivity contribution < 1.29 is 15.0 Å². The number of hydrogen-bond donors (Lipinski definition) is 3. The van der Waals surface area contributed by atoms with Crippen molar-refractivity contribution in [1.29, 1.82) is 0 Å². The minimum atomic E-state index is -0.848. The normalized spacial score (nSPS) is 13.7. The number of carbonyl (C=O) groups excluding carboxylic acids is 1. The Hall–Kier alpha value is -2.95. The Morgan fingerprint density at radius 1 is 0.385 bits per heavy atom. The summed E-state index contributed by atoms with van der Waals surface area (Å²) in [7, 11) is 0. The highest BCUT2D eigenvalue weighted by Crippen LogP contribution is 2.15. The zero-order chi connectivity index (χ0) is 47.0. The average Bonchev–Trinajstić information content (AvgIpc) is 3.31. The highest BCUT2D eigenvalue weighted by atomic mass is 16.3. The van der Waals surface area contributed by atoms with E-state index in [1.165, 1.54) is 154 Å². The monoisotopic (exact) mass is 900 g/mol. The van der Waals surface area contributed by atoms with Crippen molar-refractivity contribution in [3.63, 3.8) is 0 Å². The second-order valence-corrected chi connectivity index (χ2v) is 18.3. The summed E-state index contributed by atoms with van der Waals surface area (Å²) < 4.78 is 0. The third kappa shape index (κ3) is 51.9. The number of carbonyl (C=O) groups is 1. The molecule has 4 nitrogen and oxygen atoms in total. The van der Waals surface area contributed by atoms with Crippen LogP contribution in [0.3, 0.4) is 0 Å². The fourth-order valence-electron chi connectivity index (χ4n) is 7.84. The van der Waals surface area contributed by atoms with Crippen LogP contribution < -0.4 is 5.32 Å². The summed E-state index contributed by atoms with van der Waals surface area (Å²) in [5.74, 6) is -0.0718. The molecule has 0 aliphatic rings. The van der Waals surface area contributed by atoms with E-state index in [2.05, 4.69) is 116 Å². The zero-order valence-electron chi connectivity index (χ0n) is 42.7. The molecule has 2 unspecified atom stereocenters. The Morgan fingerprint density at radius 3 is 1.02 bits per heavy atom. The van der Waals surface area contributed by atoms with Gasteiger partial charge >= 0.3 is 0 Å². The summed E-state index contributed by atoms with van der Waals surface area (Å²) in [6, 6.07) is -0.632. The maximum absolute atomic E-state index is 12.5. The van der Waals surface area contributed by atoms with Gasteiger partial charge in [0.05, 0.1) is 18.8 Å². The molecule has 0 radical (unpaired) electrons. The Bertz CT molecular complexity index is 1250. The molecular weight excluding hydrogens is 795 g/mol. The SMILES string of the molecule is CC/C=C\C/C=C\C/C=C\C/C=C\C/C=C\C/C=C\C/C=C\C/C=C\CCCCCCCCCCCCC(=O)NC(CO)C(O)/C=C/CCCCCCCCCCCCCCCCCC. The first kappa shape index (κ1) is 62.1. The van der Waals surface area contributed by atoms with Crippen LogP contribution in [0.5, 0.6) is 0 Å². The lowest BCUT2D eigenvalue weighted by atomic mass is 10.0. The van der Waals surface area contributed by atoms with Gasteiger partial charge in [0.2, 0.25) is 5.91 Å². The van der Waals surface area contributed by atoms with Crippen LogP contribution in [0.4, 0.5) is 0 Å². The van der Waals surface area contributed by atoms with Crippen LogP contribution in [0.25, 0.3) is 0 Å². The number of aliphatic hydroxyl groups excluding tert-OH is 2. The van der Waals surface area contributed by atoms with Crippen molar-refractivity contribution in [2.24, 2.45) is 0 Å². The fraction of sp³-hybridized carbons (Fsp3) is 0.689. The first-order chi connectivity index (χ1) is 32.2. The van der Waals surface area contributed by atoms with Crippen molar-refractivity contribution in [3.05, 3.63) is 109 Å². The van der Waals surface area contributed by atoms with E-state index in [0.717, 1.165) is 77.0 Å². The average molecular weight is 901 g/mol. The van der Waals surface area contributed by atoms with Crippen LogP contribution >= 0.6 is 0 Å². The van der Waals surface area contributed by atoms with Gasteiger partial charge in [0.1, 0.15) is 0 Å². The quantitative estimate of drug-likeness (QED) is 0.0421. The van der Waals surface area contributed by atoms with Crippen molar-refractivity contribution in [2.45, 2.75) is 264 Å². The number of amides is 1. The number of allylic oxidation sites excluding steroid dienone is 17. The standard InChI is InChI=1S/C61H105NO3/c1-3-5-7-9-11-13-15-17-19-21-23-24-25-26-27-28-29-30-31-32-33-34-35-36-37-38-39-41-43-45-47-49-51-53-55-57-61(65)62-59(58-63)60(64)56-54-52-50-48-46-44-42-40-22-20-18-16-14-12-10-8-6-4-2/h5,7,11,13,17,19,23-24,26-27,29-30,32-33,35-36,54,56,59-60,63-64H,3-4,6,8-10,12,14-16,18,20-22,25,28,31,34,37-53,55,57-58H2,1-2H3,(H,62,65)/b7-5-,13-11-,19-17-,24-23-,27-26-,30-29-,33-32-,36-35-,56-54+. The molecule has 372 valence electrons. The molecule has 65 heavy (non-hydrogen) atoms. The van der Waals surface area contributed by atoms with E-state index in [4.69, 9.17) is 0 Å². The first-order valence-corrected chi connectivity index (χ1v) is 27.6. The number of hydrogen-bond acceptors (Lipinski definition) is 3. The summed E-state index contributed by atoms with van der Waals surface area (Å²) in [6.45, 7) is 4.20. The molecule has 0 aromatic carbocycles. The van der Waals surface area contributed by atoms with Gasteiger partial charge in [0, 0.05) is 6.42 Å². The maximum atomic E-state index is 12.5. The molecule has 0 aliphatic heterocycles. The second kappa shape index (κ2) is 55.4. The summed E-state index contributed by atoms with van der Waals surface area (Å²) in [4.78, 5) is 12.5. The van der Waals surface area contributed by atoms with Crippen molar-refractivity contribution in [1.82, 2.24) is 5.32 Å². The van der Waals surface area contributed by atoms with Gasteiger partial charge in [-0.05, 0) is 83.5 Å². The van der Waals surface area contributed by atoms with Gasteiger partial charge in [0.15, 0.2) is 0 Å². The molecule has 0 bridgehead atoms. The van der Waals surface area contributed by atoms with Gasteiger partial charge in [-0.2, -0.15) is 0 Å². The highest BCUT2D eigenvalue weighted by molar-refractivity contribution is 5.76. The molecule has 0 heterocycles. The van der Waals surface area contributed by atoms with E-state index in [1.807, 2.05) is 6.08 Å². The predicted molar refractivity (Wildman–Crippen MR) is 289 cm³/mol. The largest absolute Gasteiger partial charge is 0.394 e. The van der Waals surface area contributed by atoms with E-state index >= 15 is 0 Å². The van der Waals surface area contributed by atoms with Crippen molar-refractivity contribution >= 4 is 5.91 Å². The molecule has 1 amide bonds. The molecule has 4 heteroatoms. The van der Waals surface area contributed by atoms with E-state index < -0.39 is 12.1 Å². The maximum Gasteiger partial charge on any atom is 0.220 e. The lowest BCUT2D eigenvalue weighted by Crippen LogP contribution is -2.45. The van der Waals surface area contributed by atoms with Crippen LogP contribution in [0.15, 0.2) is 109 Å². The molecule has 2 atom stereocenters. The van der Waals surface area contributed by atoms with Gasteiger partial charge in [-0.25, -0.2) is 0 Å². The second-order valence-electron chi connectivity index (χ2n) is 18.3. The molecular formula is C61H105NO3. The van der Waals surface area contributed by atoms with E-state index in [-0.39, 0.29) is 12.5 Å². The smallest absolute Gasteiger partial charge is 0.220 e. The van der Waals surface area contributed by atoms with Gasteiger partial charge in [-0.1, -0.05) is 271 Å². The summed E-state index contributed by atoms with van der Waals surface area (Å²) >= 11 is 0. The number of aliphatic hydroxyl groups is 2. The minimum absolute atomic E-state index is 0.0718. The van der Waals surface area contributed by atoms with Gasteiger partial charge < -0.3 is 15.5 Å². The van der Waals surface area contributed by atoms with E-state index in [9.17, 15) is 15.0 Å². The molecule has 0 saturated carbocycles. The first-order valence-electron chi connectivity index (χ1n) is 27.6. The zero-order valence-corrected chi connectivity index (χ0v) is 42.7. The van der Waals surface area contributed by atoms with Crippen LogP contribution in [0.1, 0.15) is 251 Å². The molecule has 0 spiro atoms. The molecule has 0 aliphatic carbocycles. The Kier molecular flexibility index (Phi) is 52.9. The van der Waals surface area contributed by atoms with E-state index in [0.29, 0.717) is 6.42 Å². The highest BCUT2D eigenvalue weighted by Gasteiger charge is 2.18. The van der Waals surface area contributed by atoms with Crippen LogP contribution in [0, 0.1) is 0 Å². The minimum Gasteiger partial charge on any atom is -0.394 e. The molecule has 0 aromatic heterocycles. The van der Waals surface area contributed by atoms with Gasteiger partial charge in [-0.15, -0.1) is 0 Å². The van der Waals surface area contributed by atoms with Crippen LogP contribution in [-0.4, -0.2) is 34.9 Å². The Labute approximate surface area is 404 Å². The van der Waals surface area contributed by atoms with Crippen molar-refractivity contribution in [3.8, 4) is 0 Å². The third-order valence-electron chi connectivity index (χ3n) is 12.0. The molecule has 0 rings (SSSR count). The molecule has 0 fully saturated rings. The Balaban J connectivity index is 3.59. The lowest BCUT2D eigenvalue weighted by Gasteiger charge is -2.20. The third-order valence-corrected chi connectivity index (χ3v) is 12.0.